The molecule has 0 aliphatic carbocycles. The number of hydrogen-bond acceptors (Lipinski definition) is 3. The first-order chi connectivity index (χ1) is 11.6. The van der Waals surface area contributed by atoms with Crippen LogP contribution in [0.1, 0.15) is 12.5 Å². The molecule has 2 aromatic carbocycles. The van der Waals surface area contributed by atoms with Crippen LogP contribution in [0.2, 0.25) is 0 Å². The smallest absolute Gasteiger partial charge is 0.189 e. The number of hydrogen-bond donors (Lipinski definition) is 3. The van der Waals surface area contributed by atoms with Gasteiger partial charge in [0.2, 0.25) is 0 Å². The number of rotatable bonds is 4. The number of thiophene rings is 1. The lowest BCUT2D eigenvalue weighted by molar-refractivity contribution is -0.112. The van der Waals surface area contributed by atoms with Crippen LogP contribution in [-0.4, -0.2) is 19.3 Å². The Morgan fingerprint density at radius 1 is 1.17 bits per heavy atom. The summed E-state index contributed by atoms with van der Waals surface area (Å²) in [6.07, 6.45) is 0.836. The van der Waals surface area contributed by atoms with Gasteiger partial charge in [0.25, 0.3) is 0 Å². The summed E-state index contributed by atoms with van der Waals surface area (Å²) in [5.74, 6) is 0.108. The SMILES string of the molecule is CNC(=N)NC(C)(C=O)c1cccc(-c2cc3ccccc3s2)c1. The molecule has 0 aliphatic heterocycles. The van der Waals surface area contributed by atoms with E-state index in [1.54, 1.807) is 25.3 Å². The second-order valence-corrected chi connectivity index (χ2v) is 6.88. The van der Waals surface area contributed by atoms with E-state index in [9.17, 15) is 4.79 Å². The first-order valence-electron chi connectivity index (χ1n) is 7.66. The van der Waals surface area contributed by atoms with Crippen molar-refractivity contribution in [2.24, 2.45) is 0 Å². The fourth-order valence-corrected chi connectivity index (χ4v) is 3.67. The summed E-state index contributed by atoms with van der Waals surface area (Å²) < 4.78 is 1.24. The van der Waals surface area contributed by atoms with Crippen molar-refractivity contribution < 1.29 is 4.79 Å². The Morgan fingerprint density at radius 2 is 1.96 bits per heavy atom. The second kappa shape index (κ2) is 6.45. The largest absolute Gasteiger partial charge is 0.360 e. The molecule has 1 unspecified atom stereocenters. The normalized spacial score (nSPS) is 13.2. The molecule has 122 valence electrons. The molecule has 3 aromatic rings. The number of fused-ring (bicyclic) bond motifs is 1. The molecule has 3 rings (SSSR count). The maximum absolute atomic E-state index is 11.7. The average Bonchev–Trinajstić information content (AvgIpc) is 3.05. The van der Waals surface area contributed by atoms with E-state index in [-0.39, 0.29) is 5.96 Å². The molecule has 5 heteroatoms. The van der Waals surface area contributed by atoms with E-state index < -0.39 is 5.54 Å². The Bertz CT molecular complexity index is 869. The van der Waals surface area contributed by atoms with Crippen molar-refractivity contribution >= 4 is 33.7 Å². The first-order valence-corrected chi connectivity index (χ1v) is 8.48. The number of carbonyl (C=O) groups excluding carboxylic acids is 1. The number of nitrogens with one attached hydrogen (secondary N) is 3. The predicted molar refractivity (Wildman–Crippen MR) is 101 cm³/mol. The van der Waals surface area contributed by atoms with Crippen molar-refractivity contribution in [2.75, 3.05) is 7.05 Å². The Hall–Kier alpha value is -2.66. The van der Waals surface area contributed by atoms with Gasteiger partial charge < -0.3 is 15.4 Å². The maximum Gasteiger partial charge on any atom is 0.189 e. The summed E-state index contributed by atoms with van der Waals surface area (Å²) in [7, 11) is 1.65. The molecular formula is C19H19N3OS. The summed E-state index contributed by atoms with van der Waals surface area (Å²) in [4.78, 5) is 12.8. The van der Waals surface area contributed by atoms with Crippen LogP contribution in [-0.2, 0) is 10.3 Å². The van der Waals surface area contributed by atoms with Gasteiger partial charge in [-0.05, 0) is 41.6 Å². The third-order valence-electron chi connectivity index (χ3n) is 4.04. The van der Waals surface area contributed by atoms with Crippen molar-refractivity contribution in [3.63, 3.8) is 0 Å². The standard InChI is InChI=1S/C19H19N3OS/c1-19(12-23,22-18(20)21-2)15-8-5-7-13(10-15)17-11-14-6-3-4-9-16(14)24-17/h3-12H,1-2H3,(H3,20,21,22). The van der Waals surface area contributed by atoms with E-state index >= 15 is 0 Å². The van der Waals surface area contributed by atoms with Crippen LogP contribution >= 0.6 is 11.3 Å². The molecule has 0 bridgehead atoms. The number of aldehydes is 1. The molecule has 0 saturated heterocycles. The van der Waals surface area contributed by atoms with Gasteiger partial charge in [-0.2, -0.15) is 0 Å². The Kier molecular flexibility index (Phi) is 4.36. The Balaban J connectivity index is 2.01. The summed E-state index contributed by atoms with van der Waals surface area (Å²) in [6.45, 7) is 1.77. The fourth-order valence-electron chi connectivity index (χ4n) is 2.61. The zero-order valence-electron chi connectivity index (χ0n) is 13.6. The van der Waals surface area contributed by atoms with Crippen molar-refractivity contribution in [3.8, 4) is 10.4 Å². The van der Waals surface area contributed by atoms with E-state index in [2.05, 4.69) is 28.8 Å². The van der Waals surface area contributed by atoms with Gasteiger partial charge in [0, 0.05) is 16.6 Å². The minimum absolute atomic E-state index is 0.108. The summed E-state index contributed by atoms with van der Waals surface area (Å²) in [5, 5.41) is 14.6. The minimum Gasteiger partial charge on any atom is -0.360 e. The molecule has 3 N–H and O–H groups in total. The van der Waals surface area contributed by atoms with Crippen LogP contribution in [0, 0.1) is 5.41 Å². The molecule has 4 nitrogen and oxygen atoms in total. The second-order valence-electron chi connectivity index (χ2n) is 5.80. The molecule has 1 aromatic heterocycles. The van der Waals surface area contributed by atoms with Crippen molar-refractivity contribution in [2.45, 2.75) is 12.5 Å². The van der Waals surface area contributed by atoms with Crippen molar-refractivity contribution in [1.29, 1.82) is 5.41 Å². The quantitative estimate of drug-likeness (QED) is 0.386. The lowest BCUT2D eigenvalue weighted by Crippen LogP contribution is -2.48. The van der Waals surface area contributed by atoms with E-state index in [1.807, 2.05) is 36.4 Å². The maximum atomic E-state index is 11.7. The van der Waals surface area contributed by atoms with Crippen LogP contribution < -0.4 is 10.6 Å². The van der Waals surface area contributed by atoms with E-state index in [1.165, 1.54) is 10.1 Å². The highest BCUT2D eigenvalue weighted by atomic mass is 32.1. The minimum atomic E-state index is -0.952. The molecule has 1 atom stereocenters. The van der Waals surface area contributed by atoms with Crippen molar-refractivity contribution in [1.82, 2.24) is 10.6 Å². The molecule has 1 heterocycles. The number of benzene rings is 2. The van der Waals surface area contributed by atoms with Gasteiger partial charge in [-0.1, -0.05) is 36.4 Å². The van der Waals surface area contributed by atoms with Gasteiger partial charge in [0.05, 0.1) is 0 Å². The lowest BCUT2D eigenvalue weighted by Gasteiger charge is -2.26. The zero-order valence-corrected chi connectivity index (χ0v) is 14.4. The Morgan fingerprint density at radius 3 is 2.67 bits per heavy atom. The molecule has 0 radical (unpaired) electrons. The van der Waals surface area contributed by atoms with E-state index in [4.69, 9.17) is 5.41 Å². The lowest BCUT2D eigenvalue weighted by atomic mass is 9.92. The Labute approximate surface area is 145 Å². The summed E-state index contributed by atoms with van der Waals surface area (Å²) in [6, 6.07) is 18.4. The van der Waals surface area contributed by atoms with Crippen LogP contribution in [0.3, 0.4) is 0 Å². The van der Waals surface area contributed by atoms with Gasteiger partial charge in [-0.3, -0.25) is 5.41 Å². The first kappa shape index (κ1) is 16.2. The van der Waals surface area contributed by atoms with Gasteiger partial charge in [0.1, 0.15) is 11.8 Å². The van der Waals surface area contributed by atoms with Crippen LogP contribution in [0.4, 0.5) is 0 Å². The highest BCUT2D eigenvalue weighted by Gasteiger charge is 2.27. The number of carbonyl (C=O) groups is 1. The summed E-state index contributed by atoms with van der Waals surface area (Å²) >= 11 is 1.73. The van der Waals surface area contributed by atoms with E-state index in [0.717, 1.165) is 22.3 Å². The van der Waals surface area contributed by atoms with Gasteiger partial charge in [-0.25, -0.2) is 0 Å². The monoisotopic (exact) mass is 337 g/mol. The third-order valence-corrected chi connectivity index (χ3v) is 5.21. The molecule has 0 spiro atoms. The number of guanidine groups is 1. The van der Waals surface area contributed by atoms with Crippen molar-refractivity contribution in [3.05, 3.63) is 60.2 Å². The predicted octanol–water partition coefficient (Wildman–Crippen LogP) is 3.73. The molecule has 0 fully saturated rings. The molecule has 0 amide bonds. The highest BCUT2D eigenvalue weighted by Crippen LogP contribution is 2.34. The van der Waals surface area contributed by atoms with Crippen LogP contribution in [0.15, 0.2) is 54.6 Å². The van der Waals surface area contributed by atoms with E-state index in [0.29, 0.717) is 0 Å². The molecular weight excluding hydrogens is 318 g/mol. The fraction of sp³-hybridized carbons (Fsp3) is 0.158. The molecule has 0 saturated carbocycles. The molecule has 24 heavy (non-hydrogen) atoms. The highest BCUT2D eigenvalue weighted by molar-refractivity contribution is 7.22. The summed E-state index contributed by atoms with van der Waals surface area (Å²) in [5.41, 5.74) is 0.944. The average molecular weight is 337 g/mol. The third kappa shape index (κ3) is 3.03. The topological polar surface area (TPSA) is 65.0 Å². The van der Waals surface area contributed by atoms with Crippen LogP contribution in [0.25, 0.3) is 20.5 Å². The van der Waals surface area contributed by atoms with Gasteiger partial charge in [-0.15, -0.1) is 11.3 Å². The molecule has 0 aliphatic rings. The van der Waals surface area contributed by atoms with Gasteiger partial charge >= 0.3 is 0 Å². The van der Waals surface area contributed by atoms with Gasteiger partial charge in [0.15, 0.2) is 5.96 Å². The zero-order chi connectivity index (χ0) is 17.2. The van der Waals surface area contributed by atoms with Crippen LogP contribution in [0.5, 0.6) is 0 Å².